The van der Waals surface area contributed by atoms with Crippen molar-refractivity contribution in [3.05, 3.63) is 12.2 Å². The van der Waals surface area contributed by atoms with Gasteiger partial charge in [-0.3, -0.25) is 0 Å². The molecule has 0 aliphatic rings. The molecule has 0 unspecified atom stereocenters. The zero-order valence-corrected chi connectivity index (χ0v) is 9.08. The molecule has 0 aromatic carbocycles. The lowest BCUT2D eigenvalue weighted by molar-refractivity contribution is -0.339. The Labute approximate surface area is 101 Å². The van der Waals surface area contributed by atoms with Crippen molar-refractivity contribution >= 4 is 5.97 Å². The third kappa shape index (κ3) is 3.35. The maximum Gasteiger partial charge on any atom is 0.377 e. The second-order valence-corrected chi connectivity index (χ2v) is 3.61. The Kier molecular flexibility index (Phi) is 4.96. The van der Waals surface area contributed by atoms with Gasteiger partial charge in [-0.2, -0.15) is 26.3 Å². The summed E-state index contributed by atoms with van der Waals surface area (Å²) in [6, 6.07) is 0. The van der Waals surface area contributed by atoms with Gasteiger partial charge in [0.1, 0.15) is 0 Å². The highest BCUT2D eigenvalue weighted by Gasteiger charge is 2.74. The van der Waals surface area contributed by atoms with Crippen LogP contribution in [0.4, 0.5) is 35.1 Å². The van der Waals surface area contributed by atoms with E-state index in [9.17, 15) is 39.9 Å². The summed E-state index contributed by atoms with van der Waals surface area (Å²) in [4.78, 5) is 10.2. The first kappa shape index (κ1) is 17.6. The van der Waals surface area contributed by atoms with Gasteiger partial charge in [0.15, 0.2) is 0 Å². The van der Waals surface area contributed by atoms with E-state index in [1.54, 1.807) is 0 Å². The Morgan fingerprint density at radius 3 is 1.84 bits per heavy atom. The summed E-state index contributed by atoms with van der Waals surface area (Å²) >= 11 is 0. The van der Waals surface area contributed by atoms with Crippen LogP contribution in [0.1, 0.15) is 12.8 Å². The molecule has 0 aliphatic carbocycles. The third-order valence-corrected chi connectivity index (χ3v) is 2.20. The quantitative estimate of drug-likeness (QED) is 0.576. The largest absolute Gasteiger partial charge is 0.478 e. The Balaban J connectivity index is 5.08. The van der Waals surface area contributed by atoms with Gasteiger partial charge < -0.3 is 5.11 Å². The highest BCUT2D eigenvalue weighted by Crippen LogP contribution is 2.50. The average molecular weight is 300 g/mol. The van der Waals surface area contributed by atoms with Crippen molar-refractivity contribution in [3.8, 4) is 0 Å². The predicted octanol–water partition coefficient (Wildman–Crippen LogP) is 3.58. The van der Waals surface area contributed by atoms with E-state index in [-0.39, 0.29) is 0 Å². The fraction of sp³-hybridized carbons (Fsp3) is 0.667. The van der Waals surface area contributed by atoms with Crippen molar-refractivity contribution in [1.82, 2.24) is 0 Å². The molecular formula is C9H8F8O2. The van der Waals surface area contributed by atoms with Gasteiger partial charge in [0.2, 0.25) is 0 Å². The van der Waals surface area contributed by atoms with Crippen molar-refractivity contribution < 1.29 is 45.0 Å². The minimum Gasteiger partial charge on any atom is -0.478 e. The van der Waals surface area contributed by atoms with Crippen LogP contribution in [0.5, 0.6) is 0 Å². The molecule has 0 atom stereocenters. The Hall–Kier alpha value is -1.35. The molecule has 0 aromatic heterocycles. The summed E-state index contributed by atoms with van der Waals surface area (Å²) in [5.74, 6) is -19.8. The second-order valence-electron chi connectivity index (χ2n) is 3.61. The highest BCUT2D eigenvalue weighted by atomic mass is 19.4. The van der Waals surface area contributed by atoms with Crippen LogP contribution >= 0.6 is 0 Å². The molecule has 0 aliphatic heterocycles. The lowest BCUT2D eigenvalue weighted by atomic mass is 9.98. The van der Waals surface area contributed by atoms with Gasteiger partial charge in [0.05, 0.1) is 0 Å². The summed E-state index contributed by atoms with van der Waals surface area (Å²) in [5.41, 5.74) is -0.934. The van der Waals surface area contributed by atoms with Crippen molar-refractivity contribution in [3.63, 3.8) is 0 Å². The molecule has 10 heteroatoms. The minimum absolute atomic E-state index is 0.934. The molecule has 0 amide bonds. The van der Waals surface area contributed by atoms with Crippen LogP contribution in [0, 0.1) is 0 Å². The molecule has 0 radical (unpaired) electrons. The van der Waals surface area contributed by atoms with Crippen LogP contribution in [0.25, 0.3) is 0 Å². The van der Waals surface area contributed by atoms with Crippen LogP contribution in [-0.4, -0.2) is 35.3 Å². The molecular weight excluding hydrogens is 292 g/mol. The number of carbonyl (C=O) groups is 1. The Bertz CT molecular complexity index is 363. The van der Waals surface area contributed by atoms with E-state index >= 15 is 0 Å². The number of rotatable bonds is 7. The number of carboxylic acid groups (broad SMARTS) is 1. The summed E-state index contributed by atoms with van der Waals surface area (Å²) in [7, 11) is 0. The normalized spacial score (nSPS) is 13.7. The predicted molar refractivity (Wildman–Crippen MR) is 46.9 cm³/mol. The molecule has 0 fully saturated rings. The number of aliphatic carboxylic acids is 1. The summed E-state index contributed by atoms with van der Waals surface area (Å²) in [6.07, 6.45) is -8.29. The molecule has 112 valence electrons. The molecule has 0 bridgehead atoms. The molecule has 0 saturated carbocycles. The molecule has 19 heavy (non-hydrogen) atoms. The zero-order chi connectivity index (χ0) is 15.6. The SMILES string of the molecule is C=C(CCC(F)(F)C(F)(F)C(F)(F)C(F)F)C(=O)O. The first-order valence-electron chi connectivity index (χ1n) is 4.60. The summed E-state index contributed by atoms with van der Waals surface area (Å²) in [5, 5.41) is 8.23. The van der Waals surface area contributed by atoms with Gasteiger partial charge >= 0.3 is 30.2 Å². The third-order valence-electron chi connectivity index (χ3n) is 2.20. The van der Waals surface area contributed by atoms with Crippen molar-refractivity contribution in [1.29, 1.82) is 0 Å². The summed E-state index contributed by atoms with van der Waals surface area (Å²) in [6.45, 7) is 2.72. The van der Waals surface area contributed by atoms with Crippen molar-refractivity contribution in [2.24, 2.45) is 0 Å². The molecule has 0 rings (SSSR count). The van der Waals surface area contributed by atoms with Gasteiger partial charge in [0.25, 0.3) is 0 Å². The number of halogens is 8. The molecule has 0 aromatic rings. The minimum atomic E-state index is -6.31. The van der Waals surface area contributed by atoms with E-state index in [2.05, 4.69) is 6.58 Å². The molecule has 2 nitrogen and oxygen atoms in total. The van der Waals surface area contributed by atoms with E-state index in [1.165, 1.54) is 0 Å². The van der Waals surface area contributed by atoms with E-state index in [1.807, 2.05) is 0 Å². The fourth-order valence-electron chi connectivity index (χ4n) is 0.953. The van der Waals surface area contributed by atoms with Crippen LogP contribution in [0.2, 0.25) is 0 Å². The molecule has 0 spiro atoms. The smallest absolute Gasteiger partial charge is 0.377 e. The van der Waals surface area contributed by atoms with Crippen LogP contribution in [0.3, 0.4) is 0 Å². The number of alkyl halides is 8. The lowest BCUT2D eigenvalue weighted by Crippen LogP contribution is -2.57. The van der Waals surface area contributed by atoms with E-state index in [0.29, 0.717) is 0 Å². The van der Waals surface area contributed by atoms with Gasteiger partial charge in [0, 0.05) is 12.0 Å². The van der Waals surface area contributed by atoms with Gasteiger partial charge in [-0.15, -0.1) is 0 Å². The number of carboxylic acids is 1. The highest BCUT2D eigenvalue weighted by molar-refractivity contribution is 5.85. The first-order chi connectivity index (χ1) is 8.27. The average Bonchev–Trinajstić information content (AvgIpc) is 2.24. The Morgan fingerprint density at radius 2 is 1.53 bits per heavy atom. The van der Waals surface area contributed by atoms with E-state index < -0.39 is 48.6 Å². The number of hydrogen-bond donors (Lipinski definition) is 1. The van der Waals surface area contributed by atoms with Crippen LogP contribution in [0.15, 0.2) is 12.2 Å². The summed E-state index contributed by atoms with van der Waals surface area (Å²) < 4.78 is 99.4. The zero-order valence-electron chi connectivity index (χ0n) is 9.08. The van der Waals surface area contributed by atoms with Gasteiger partial charge in [-0.05, 0) is 6.42 Å². The van der Waals surface area contributed by atoms with Crippen LogP contribution < -0.4 is 0 Å². The standard InChI is InChI=1S/C9H8F8O2/c1-4(5(18)19)2-3-7(12,13)9(16,17)8(14,15)6(10)11/h6H,1-3H2,(H,18,19). The van der Waals surface area contributed by atoms with Crippen LogP contribution in [-0.2, 0) is 4.79 Å². The van der Waals surface area contributed by atoms with E-state index in [0.717, 1.165) is 0 Å². The molecule has 0 saturated heterocycles. The molecule has 1 N–H and O–H groups in total. The van der Waals surface area contributed by atoms with Crippen molar-refractivity contribution in [2.45, 2.75) is 37.0 Å². The van der Waals surface area contributed by atoms with Gasteiger partial charge in [-0.1, -0.05) is 6.58 Å². The molecule has 0 heterocycles. The van der Waals surface area contributed by atoms with E-state index in [4.69, 9.17) is 5.11 Å². The number of hydrogen-bond acceptors (Lipinski definition) is 1. The lowest BCUT2D eigenvalue weighted by Gasteiger charge is -2.32. The Morgan fingerprint density at radius 1 is 1.11 bits per heavy atom. The maximum absolute atomic E-state index is 12.9. The topological polar surface area (TPSA) is 37.3 Å². The fourth-order valence-corrected chi connectivity index (χ4v) is 0.953. The second kappa shape index (κ2) is 5.33. The van der Waals surface area contributed by atoms with Crippen molar-refractivity contribution in [2.75, 3.05) is 0 Å². The maximum atomic E-state index is 12.9. The van der Waals surface area contributed by atoms with Gasteiger partial charge in [-0.25, -0.2) is 13.6 Å². The first-order valence-corrected chi connectivity index (χ1v) is 4.60. The monoisotopic (exact) mass is 300 g/mol.